The summed E-state index contributed by atoms with van der Waals surface area (Å²) in [7, 11) is 5.22. The smallest absolute Gasteiger partial charge is 0.239 e. The number of aryl methyl sites for hydroxylation is 1. The molecule has 0 radical (unpaired) electrons. The Hall–Kier alpha value is -1.55. The third-order valence-corrected chi connectivity index (χ3v) is 2.47. The van der Waals surface area contributed by atoms with Gasteiger partial charge in [-0.2, -0.15) is 0 Å². The van der Waals surface area contributed by atoms with E-state index in [1.165, 1.54) is 0 Å². The average molecular weight is 222 g/mol. The Morgan fingerprint density at radius 2 is 2.06 bits per heavy atom. The summed E-state index contributed by atoms with van der Waals surface area (Å²) in [5.41, 5.74) is 7.29. The molecule has 0 saturated heterocycles. The first kappa shape index (κ1) is 12.5. The molecule has 88 valence electrons. The third-order valence-electron chi connectivity index (χ3n) is 2.47. The molecule has 16 heavy (non-hydrogen) atoms. The summed E-state index contributed by atoms with van der Waals surface area (Å²) in [6.07, 6.45) is 0. The first-order valence-electron chi connectivity index (χ1n) is 5.07. The highest BCUT2D eigenvalue weighted by Crippen LogP contribution is 2.28. The number of nitrogens with zero attached hydrogens (tertiary/aromatic N) is 1. The summed E-state index contributed by atoms with van der Waals surface area (Å²) in [4.78, 5) is 13.2. The highest BCUT2D eigenvalue weighted by Gasteiger charge is 2.23. The molecule has 1 unspecified atom stereocenters. The van der Waals surface area contributed by atoms with Crippen molar-refractivity contribution in [2.45, 2.75) is 13.0 Å². The second-order valence-electron chi connectivity index (χ2n) is 4.01. The fourth-order valence-corrected chi connectivity index (χ4v) is 1.75. The number of hydrogen-bond donors (Lipinski definition) is 1. The fourth-order valence-electron chi connectivity index (χ4n) is 1.75. The van der Waals surface area contributed by atoms with Crippen LogP contribution < -0.4 is 10.5 Å². The Balaban J connectivity index is 3.26. The Morgan fingerprint density at radius 3 is 2.50 bits per heavy atom. The number of primary amides is 1. The van der Waals surface area contributed by atoms with Crippen molar-refractivity contribution in [2.24, 2.45) is 5.73 Å². The maximum atomic E-state index is 11.4. The van der Waals surface area contributed by atoms with Crippen molar-refractivity contribution in [1.29, 1.82) is 0 Å². The normalized spacial score (nSPS) is 12.6. The average Bonchev–Trinajstić information content (AvgIpc) is 2.17. The van der Waals surface area contributed by atoms with Crippen molar-refractivity contribution in [3.63, 3.8) is 0 Å². The van der Waals surface area contributed by atoms with Crippen LogP contribution in [0.4, 0.5) is 0 Å². The molecule has 0 bridgehead atoms. The second-order valence-corrected chi connectivity index (χ2v) is 4.01. The van der Waals surface area contributed by atoms with E-state index >= 15 is 0 Å². The first-order valence-corrected chi connectivity index (χ1v) is 5.07. The van der Waals surface area contributed by atoms with Crippen molar-refractivity contribution < 1.29 is 9.53 Å². The molecule has 1 aromatic carbocycles. The van der Waals surface area contributed by atoms with Gasteiger partial charge in [0.2, 0.25) is 5.91 Å². The zero-order valence-electron chi connectivity index (χ0n) is 10.2. The molecular formula is C12H18N2O2. The van der Waals surface area contributed by atoms with E-state index < -0.39 is 6.04 Å². The summed E-state index contributed by atoms with van der Waals surface area (Å²) in [5, 5.41) is 0. The van der Waals surface area contributed by atoms with Crippen molar-refractivity contribution in [1.82, 2.24) is 4.90 Å². The lowest BCUT2D eigenvalue weighted by Crippen LogP contribution is -2.33. The van der Waals surface area contributed by atoms with Crippen molar-refractivity contribution >= 4 is 5.91 Å². The summed E-state index contributed by atoms with van der Waals surface area (Å²) < 4.78 is 5.25. The Kier molecular flexibility index (Phi) is 3.90. The summed E-state index contributed by atoms with van der Waals surface area (Å²) in [5.74, 6) is 0.303. The van der Waals surface area contributed by atoms with Crippen LogP contribution in [0.15, 0.2) is 18.2 Å². The molecule has 4 nitrogen and oxygen atoms in total. The van der Waals surface area contributed by atoms with E-state index in [1.807, 2.05) is 39.2 Å². The van der Waals surface area contributed by atoms with E-state index in [1.54, 1.807) is 12.0 Å². The third kappa shape index (κ3) is 2.52. The van der Waals surface area contributed by atoms with Crippen LogP contribution in [0.2, 0.25) is 0 Å². The van der Waals surface area contributed by atoms with E-state index in [0.29, 0.717) is 5.75 Å². The van der Waals surface area contributed by atoms with Gasteiger partial charge < -0.3 is 10.5 Å². The van der Waals surface area contributed by atoms with Crippen molar-refractivity contribution in [3.8, 4) is 5.75 Å². The predicted octanol–water partition coefficient (Wildman–Crippen LogP) is 1.09. The van der Waals surface area contributed by atoms with Gasteiger partial charge in [0.25, 0.3) is 0 Å². The molecular weight excluding hydrogens is 204 g/mol. The zero-order valence-corrected chi connectivity index (χ0v) is 10.2. The van der Waals surface area contributed by atoms with Crippen molar-refractivity contribution in [3.05, 3.63) is 29.3 Å². The van der Waals surface area contributed by atoms with Gasteiger partial charge in [-0.1, -0.05) is 17.7 Å². The van der Waals surface area contributed by atoms with E-state index in [0.717, 1.165) is 11.1 Å². The SMILES string of the molecule is COc1ccc(C)cc1C(C(N)=O)N(C)C. The van der Waals surface area contributed by atoms with Gasteiger partial charge in [-0.3, -0.25) is 9.69 Å². The van der Waals surface area contributed by atoms with Crippen LogP contribution in [0.5, 0.6) is 5.75 Å². The van der Waals surface area contributed by atoms with Gasteiger partial charge in [-0.15, -0.1) is 0 Å². The summed E-state index contributed by atoms with van der Waals surface area (Å²) >= 11 is 0. The van der Waals surface area contributed by atoms with Crippen LogP contribution in [0.1, 0.15) is 17.2 Å². The molecule has 0 heterocycles. The molecule has 2 N–H and O–H groups in total. The molecule has 0 spiro atoms. The first-order chi connectivity index (χ1) is 7.47. The number of benzene rings is 1. The number of carbonyl (C=O) groups excluding carboxylic acids is 1. The lowest BCUT2D eigenvalue weighted by molar-refractivity contribution is -0.122. The van der Waals surface area contributed by atoms with Gasteiger partial charge in [0, 0.05) is 5.56 Å². The molecule has 0 aliphatic carbocycles. The largest absolute Gasteiger partial charge is 0.496 e. The van der Waals surface area contributed by atoms with Gasteiger partial charge in [-0.25, -0.2) is 0 Å². The van der Waals surface area contributed by atoms with Crippen LogP contribution in [0.3, 0.4) is 0 Å². The van der Waals surface area contributed by atoms with Crippen LogP contribution in [-0.2, 0) is 4.79 Å². The van der Waals surface area contributed by atoms with Crippen molar-refractivity contribution in [2.75, 3.05) is 21.2 Å². The topological polar surface area (TPSA) is 55.6 Å². The highest BCUT2D eigenvalue weighted by atomic mass is 16.5. The number of amides is 1. The quantitative estimate of drug-likeness (QED) is 0.829. The Labute approximate surface area is 96.0 Å². The molecule has 0 aliphatic rings. The summed E-state index contributed by atoms with van der Waals surface area (Å²) in [6.45, 7) is 1.97. The molecule has 0 aliphatic heterocycles. The predicted molar refractivity (Wildman–Crippen MR) is 63.4 cm³/mol. The fraction of sp³-hybridized carbons (Fsp3) is 0.417. The van der Waals surface area contributed by atoms with Gasteiger partial charge in [0.05, 0.1) is 7.11 Å². The minimum absolute atomic E-state index is 0.381. The van der Waals surface area contributed by atoms with Gasteiger partial charge in [0.15, 0.2) is 0 Å². The maximum absolute atomic E-state index is 11.4. The molecule has 1 rings (SSSR count). The zero-order chi connectivity index (χ0) is 12.3. The number of ether oxygens (including phenoxy) is 1. The van der Waals surface area contributed by atoms with E-state index in [4.69, 9.17) is 10.5 Å². The Morgan fingerprint density at radius 1 is 1.44 bits per heavy atom. The molecule has 1 atom stereocenters. The second kappa shape index (κ2) is 4.99. The molecule has 1 amide bonds. The van der Waals surface area contributed by atoms with Crippen LogP contribution in [0.25, 0.3) is 0 Å². The number of nitrogens with two attached hydrogens (primary N) is 1. The lowest BCUT2D eigenvalue weighted by atomic mass is 10.0. The van der Waals surface area contributed by atoms with Gasteiger partial charge in [-0.05, 0) is 27.1 Å². The molecule has 0 aromatic heterocycles. The minimum atomic E-state index is -0.463. The number of likely N-dealkylation sites (N-methyl/N-ethyl adjacent to an activating group) is 1. The van der Waals surface area contributed by atoms with Crippen LogP contribution in [0, 0.1) is 6.92 Å². The molecule has 1 aromatic rings. The molecule has 0 saturated carbocycles. The number of hydrogen-bond acceptors (Lipinski definition) is 3. The monoisotopic (exact) mass is 222 g/mol. The standard InChI is InChI=1S/C12H18N2O2/c1-8-5-6-10(16-4)9(7-8)11(12(13)15)14(2)3/h5-7,11H,1-4H3,(H2,13,15). The van der Waals surface area contributed by atoms with Gasteiger partial charge >= 0.3 is 0 Å². The maximum Gasteiger partial charge on any atom is 0.239 e. The highest BCUT2D eigenvalue weighted by molar-refractivity contribution is 5.82. The number of methoxy groups -OCH3 is 1. The number of rotatable bonds is 4. The van der Waals surface area contributed by atoms with Gasteiger partial charge in [0.1, 0.15) is 11.8 Å². The van der Waals surface area contributed by atoms with E-state index in [9.17, 15) is 4.79 Å². The van der Waals surface area contributed by atoms with E-state index in [2.05, 4.69) is 0 Å². The number of carbonyl (C=O) groups is 1. The molecule has 0 fully saturated rings. The molecule has 4 heteroatoms. The lowest BCUT2D eigenvalue weighted by Gasteiger charge is -2.23. The van der Waals surface area contributed by atoms with Crippen LogP contribution >= 0.6 is 0 Å². The van der Waals surface area contributed by atoms with E-state index in [-0.39, 0.29) is 5.91 Å². The summed E-state index contributed by atoms with van der Waals surface area (Å²) in [6, 6.07) is 5.25. The Bertz CT molecular complexity index is 389. The van der Waals surface area contributed by atoms with Crippen LogP contribution in [-0.4, -0.2) is 32.0 Å². The minimum Gasteiger partial charge on any atom is -0.496 e.